The van der Waals surface area contributed by atoms with E-state index in [1.54, 1.807) is 31.2 Å². The average Bonchev–Trinajstić information content (AvgIpc) is 2.48. The first-order chi connectivity index (χ1) is 10.1. The van der Waals surface area contributed by atoms with Gasteiger partial charge in [-0.3, -0.25) is 5.43 Å². The number of esters is 2. The van der Waals surface area contributed by atoms with Gasteiger partial charge in [0.05, 0.1) is 19.4 Å². The maximum atomic E-state index is 11.7. The zero-order valence-electron chi connectivity index (χ0n) is 11.6. The lowest BCUT2D eigenvalue weighted by Crippen LogP contribution is -2.29. The number of hydrogen-bond donors (Lipinski definition) is 1. The summed E-state index contributed by atoms with van der Waals surface area (Å²) in [6.45, 7) is 1.74. The van der Waals surface area contributed by atoms with Gasteiger partial charge in [0.15, 0.2) is 0 Å². The second kappa shape index (κ2) is 8.96. The first kappa shape index (κ1) is 17.0. The Morgan fingerprint density at radius 1 is 1.24 bits per heavy atom. The van der Waals surface area contributed by atoms with Gasteiger partial charge in [-0.1, -0.05) is 12.1 Å². The number of anilines is 1. The van der Waals surface area contributed by atoms with E-state index in [1.807, 2.05) is 0 Å². The summed E-state index contributed by atoms with van der Waals surface area (Å²) in [7, 11) is 1.50. The molecule has 0 saturated heterocycles. The molecule has 0 spiro atoms. The predicted octanol–water partition coefficient (Wildman–Crippen LogP) is 1.92. The van der Waals surface area contributed by atoms with Crippen LogP contribution >= 0.6 is 15.9 Å². The number of nitrogens with zero attached hydrogens (tertiary/aromatic N) is 1. The molecule has 0 radical (unpaired) electrons. The summed E-state index contributed by atoms with van der Waals surface area (Å²) in [4.78, 5) is 23.4. The summed E-state index contributed by atoms with van der Waals surface area (Å²) in [5.41, 5.74) is 2.54. The van der Waals surface area contributed by atoms with Gasteiger partial charge in [-0.2, -0.15) is 5.10 Å². The second-order valence-corrected chi connectivity index (χ2v) is 3.99. The molecule has 0 aliphatic heterocycles. The van der Waals surface area contributed by atoms with Crippen molar-refractivity contribution in [3.05, 3.63) is 24.3 Å². The third-order valence-electron chi connectivity index (χ3n) is 2.24. The Labute approximate surface area is 130 Å². The number of hydrazone groups is 1. The molecule has 1 aromatic rings. The normalized spacial score (nSPS) is 10.7. The van der Waals surface area contributed by atoms with Crippen molar-refractivity contribution in [2.45, 2.75) is 6.92 Å². The van der Waals surface area contributed by atoms with Gasteiger partial charge in [0.1, 0.15) is 11.3 Å². The van der Waals surface area contributed by atoms with Gasteiger partial charge in [-0.25, -0.2) is 9.59 Å². The van der Waals surface area contributed by atoms with E-state index in [1.165, 1.54) is 7.11 Å². The molecule has 7 nitrogen and oxygen atoms in total. The van der Waals surface area contributed by atoms with Crippen molar-refractivity contribution in [1.82, 2.24) is 0 Å². The summed E-state index contributed by atoms with van der Waals surface area (Å²) in [6, 6.07) is 6.92. The molecule has 21 heavy (non-hydrogen) atoms. The molecule has 1 rings (SSSR count). The molecule has 0 atom stereocenters. The van der Waals surface area contributed by atoms with Crippen molar-refractivity contribution in [3.63, 3.8) is 0 Å². The minimum Gasteiger partial charge on any atom is -0.495 e. The summed E-state index contributed by atoms with van der Waals surface area (Å²) < 4.78 is 14.6. The topological polar surface area (TPSA) is 86.2 Å². The third-order valence-corrected chi connectivity index (χ3v) is 2.47. The zero-order chi connectivity index (χ0) is 15.7. The van der Waals surface area contributed by atoms with Gasteiger partial charge in [0, 0.05) is 0 Å². The summed E-state index contributed by atoms with van der Waals surface area (Å²) in [5.74, 6) is -1.25. The van der Waals surface area contributed by atoms with Crippen LogP contribution < -0.4 is 10.2 Å². The fourth-order valence-electron chi connectivity index (χ4n) is 1.35. The summed E-state index contributed by atoms with van der Waals surface area (Å²) in [6.07, 6.45) is 0. The van der Waals surface area contributed by atoms with Crippen LogP contribution in [0.5, 0.6) is 5.75 Å². The smallest absolute Gasteiger partial charge is 0.367 e. The standard InChI is InChI=1S/C13H15BrN2O5/c1-3-20-12(17)11(13(18)21-8-14)16-15-9-6-4-5-7-10(9)19-2/h4-7,15H,3,8H2,1-2H3. The lowest BCUT2D eigenvalue weighted by molar-refractivity contribution is -0.139. The van der Waals surface area contributed by atoms with Crippen molar-refractivity contribution in [1.29, 1.82) is 0 Å². The monoisotopic (exact) mass is 358 g/mol. The number of nitrogens with one attached hydrogen (secondary N) is 1. The molecular formula is C13H15BrN2O5. The fourth-order valence-corrected chi connectivity index (χ4v) is 1.55. The van der Waals surface area contributed by atoms with E-state index < -0.39 is 17.7 Å². The average molecular weight is 359 g/mol. The van der Waals surface area contributed by atoms with Crippen LogP contribution in [0.3, 0.4) is 0 Å². The highest BCUT2D eigenvalue weighted by atomic mass is 79.9. The Balaban J connectivity index is 2.97. The second-order valence-electron chi connectivity index (χ2n) is 3.53. The van der Waals surface area contributed by atoms with Crippen molar-refractivity contribution in [2.75, 3.05) is 24.7 Å². The lowest BCUT2D eigenvalue weighted by atomic mass is 10.3. The number of halogens is 1. The molecule has 0 aliphatic rings. The summed E-state index contributed by atoms with van der Waals surface area (Å²) in [5, 5.41) is 3.76. The van der Waals surface area contributed by atoms with Crippen LogP contribution in [0.15, 0.2) is 29.4 Å². The van der Waals surface area contributed by atoms with E-state index in [9.17, 15) is 9.59 Å². The molecule has 0 fully saturated rings. The number of hydrogen-bond acceptors (Lipinski definition) is 7. The largest absolute Gasteiger partial charge is 0.495 e. The Bertz CT molecular complexity index is 513. The molecule has 0 bridgehead atoms. The molecular weight excluding hydrogens is 344 g/mol. The first-order valence-corrected chi connectivity index (χ1v) is 7.13. The Morgan fingerprint density at radius 3 is 2.52 bits per heavy atom. The molecule has 0 unspecified atom stereocenters. The number of alkyl halides is 1. The van der Waals surface area contributed by atoms with Crippen molar-refractivity contribution >= 4 is 39.3 Å². The number of methoxy groups -OCH3 is 1. The molecule has 1 N–H and O–H groups in total. The molecule has 8 heteroatoms. The predicted molar refractivity (Wildman–Crippen MR) is 80.6 cm³/mol. The molecule has 0 saturated carbocycles. The van der Waals surface area contributed by atoms with Gasteiger partial charge < -0.3 is 14.2 Å². The van der Waals surface area contributed by atoms with Crippen LogP contribution in [0.4, 0.5) is 5.69 Å². The molecule has 1 aromatic carbocycles. The van der Waals surface area contributed by atoms with Gasteiger partial charge in [-0.05, 0) is 35.0 Å². The fraction of sp³-hybridized carbons (Fsp3) is 0.308. The zero-order valence-corrected chi connectivity index (χ0v) is 13.2. The Hall–Kier alpha value is -2.09. The van der Waals surface area contributed by atoms with Gasteiger partial charge >= 0.3 is 11.9 Å². The maximum absolute atomic E-state index is 11.7. The van der Waals surface area contributed by atoms with Crippen LogP contribution in [0.1, 0.15) is 6.92 Å². The van der Waals surface area contributed by atoms with Crippen LogP contribution in [-0.4, -0.2) is 36.9 Å². The number of benzene rings is 1. The highest BCUT2D eigenvalue weighted by molar-refractivity contribution is 9.09. The van der Waals surface area contributed by atoms with Crippen LogP contribution in [0.2, 0.25) is 0 Å². The van der Waals surface area contributed by atoms with E-state index in [2.05, 4.69) is 26.5 Å². The maximum Gasteiger partial charge on any atom is 0.367 e. The van der Waals surface area contributed by atoms with E-state index in [0.29, 0.717) is 11.4 Å². The minimum absolute atomic E-state index is 0.0566. The number of carbonyl (C=O) groups excluding carboxylic acids is 2. The van der Waals surface area contributed by atoms with Crippen molar-refractivity contribution in [3.8, 4) is 5.75 Å². The quantitative estimate of drug-likeness (QED) is 0.263. The van der Waals surface area contributed by atoms with E-state index in [0.717, 1.165) is 0 Å². The molecule has 114 valence electrons. The highest BCUT2D eigenvalue weighted by Crippen LogP contribution is 2.22. The molecule has 0 aromatic heterocycles. The minimum atomic E-state index is -0.896. The number of carbonyl (C=O) groups is 2. The molecule has 0 heterocycles. The van der Waals surface area contributed by atoms with E-state index >= 15 is 0 Å². The van der Waals surface area contributed by atoms with E-state index in [4.69, 9.17) is 14.2 Å². The number of para-hydroxylation sites is 2. The van der Waals surface area contributed by atoms with Crippen molar-refractivity contribution in [2.24, 2.45) is 5.10 Å². The van der Waals surface area contributed by atoms with Crippen LogP contribution in [-0.2, 0) is 19.1 Å². The molecule has 0 aliphatic carbocycles. The lowest BCUT2D eigenvalue weighted by Gasteiger charge is -2.09. The number of ether oxygens (including phenoxy) is 3. The van der Waals surface area contributed by atoms with Crippen LogP contribution in [0.25, 0.3) is 0 Å². The number of rotatable bonds is 7. The van der Waals surface area contributed by atoms with E-state index in [-0.39, 0.29) is 12.1 Å². The Kier molecular flexibility index (Phi) is 7.24. The highest BCUT2D eigenvalue weighted by Gasteiger charge is 2.24. The van der Waals surface area contributed by atoms with Gasteiger partial charge in [-0.15, -0.1) is 0 Å². The van der Waals surface area contributed by atoms with Gasteiger partial charge in [0.25, 0.3) is 5.71 Å². The Morgan fingerprint density at radius 2 is 1.90 bits per heavy atom. The summed E-state index contributed by atoms with van der Waals surface area (Å²) >= 11 is 2.93. The SMILES string of the molecule is CCOC(=O)C(=NNc1ccccc1OC)C(=O)OCBr. The third kappa shape index (κ3) is 5.07. The van der Waals surface area contributed by atoms with Crippen molar-refractivity contribution < 1.29 is 23.8 Å². The molecule has 0 amide bonds. The van der Waals surface area contributed by atoms with Crippen LogP contribution in [0, 0.1) is 0 Å². The first-order valence-electron chi connectivity index (χ1n) is 6.01. The van der Waals surface area contributed by atoms with Gasteiger partial charge in [0.2, 0.25) is 0 Å².